The molecule has 4 amide bonds. The lowest BCUT2D eigenvalue weighted by Crippen LogP contribution is -2.38. The van der Waals surface area contributed by atoms with E-state index in [0.29, 0.717) is 82.4 Å². The molecule has 2 N–H and O–H groups in total. The Hall–Kier alpha value is -6.40. The Morgan fingerprint density at radius 2 is 1.00 bits per heavy atom. The molecule has 8 rings (SSSR count). The Balaban J connectivity index is 0.000000201. The van der Waals surface area contributed by atoms with Gasteiger partial charge in [0.2, 0.25) is 0 Å². The monoisotopic (exact) mass is 973 g/mol. The second-order valence-electron chi connectivity index (χ2n) is 17.1. The van der Waals surface area contributed by atoms with Crippen molar-refractivity contribution in [3.05, 3.63) is 181 Å². The zero-order valence-corrected chi connectivity index (χ0v) is 41.0. The fourth-order valence-corrected chi connectivity index (χ4v) is 9.29. The summed E-state index contributed by atoms with van der Waals surface area (Å²) in [7, 11) is 3.32. The third-order valence-corrected chi connectivity index (χ3v) is 13.3. The summed E-state index contributed by atoms with van der Waals surface area (Å²) in [5.41, 5.74) is 7.98. The molecule has 0 aliphatic carbocycles. The number of carbonyl (C=O) groups excluding carboxylic acids is 4. The molecule has 2 aliphatic heterocycles. The fraction of sp³-hybridized carbons (Fsp3) is 0.278. The standard InChI is InChI=1S/C27H26Cl2N2O3.C27H28ClN3O3/c1-17-3-4-20(15-25(17)30-26(32)23-10-7-21(28)16-24(23)29)27(33)31-13-11-19(12-14-31)18-5-8-22(34-2)9-6-18;1-17-4-5-21(15-24(17)30-26(32)22-14-18(2)29-25(28)16-22)27(33)31-12-10-20(11-13-31)19-6-8-23(34-3)9-7-19/h3-10,15-16,19H,11-14H2,1-2H3,(H,30,32);4-9,14-16,20H,10-13H2,1-3H3,(H,30,32). The number of amides is 4. The topological polar surface area (TPSA) is 130 Å². The third-order valence-electron chi connectivity index (χ3n) is 12.6. The van der Waals surface area contributed by atoms with Gasteiger partial charge in [-0.2, -0.15) is 0 Å². The van der Waals surface area contributed by atoms with Crippen molar-refractivity contribution in [2.45, 2.75) is 58.3 Å². The largest absolute Gasteiger partial charge is 0.497 e. The second kappa shape index (κ2) is 22.6. The van der Waals surface area contributed by atoms with Gasteiger partial charge in [0.1, 0.15) is 16.7 Å². The van der Waals surface area contributed by atoms with Gasteiger partial charge in [0, 0.05) is 65.0 Å². The van der Waals surface area contributed by atoms with E-state index in [4.69, 9.17) is 44.3 Å². The van der Waals surface area contributed by atoms with E-state index in [9.17, 15) is 19.2 Å². The summed E-state index contributed by atoms with van der Waals surface area (Å²) in [5.74, 6) is 1.85. The lowest BCUT2D eigenvalue weighted by Gasteiger charge is -2.32. The molecular weight excluding hydrogens is 921 g/mol. The summed E-state index contributed by atoms with van der Waals surface area (Å²) >= 11 is 18.1. The Morgan fingerprint density at radius 1 is 0.544 bits per heavy atom. The predicted octanol–water partition coefficient (Wildman–Crippen LogP) is 12.2. The molecule has 0 unspecified atom stereocenters. The highest BCUT2D eigenvalue weighted by atomic mass is 35.5. The maximum atomic E-state index is 13.2. The van der Waals surface area contributed by atoms with E-state index in [2.05, 4.69) is 39.9 Å². The molecule has 0 radical (unpaired) electrons. The second-order valence-corrected chi connectivity index (χ2v) is 18.3. The average Bonchev–Trinajstić information content (AvgIpc) is 3.35. The SMILES string of the molecule is COc1ccc(C2CCN(C(=O)c3ccc(C)c(NC(=O)c4cc(C)nc(Cl)c4)c3)CC2)cc1.COc1ccc(C2CCN(C(=O)c3ccc(C)c(NC(=O)c4ccc(Cl)cc4Cl)c3)CC2)cc1. The molecule has 11 nitrogen and oxygen atoms in total. The highest BCUT2D eigenvalue weighted by molar-refractivity contribution is 6.37. The van der Waals surface area contributed by atoms with E-state index in [1.165, 1.54) is 23.3 Å². The van der Waals surface area contributed by atoms with Crippen LogP contribution in [0.25, 0.3) is 0 Å². The predicted molar refractivity (Wildman–Crippen MR) is 270 cm³/mol. The Morgan fingerprint density at radius 3 is 1.43 bits per heavy atom. The van der Waals surface area contributed by atoms with Gasteiger partial charge in [-0.3, -0.25) is 19.2 Å². The molecule has 3 heterocycles. The number of carbonyl (C=O) groups is 4. The molecule has 68 heavy (non-hydrogen) atoms. The van der Waals surface area contributed by atoms with Gasteiger partial charge in [0.05, 0.1) is 24.8 Å². The van der Waals surface area contributed by atoms with E-state index < -0.39 is 0 Å². The van der Waals surface area contributed by atoms with Crippen molar-refractivity contribution in [3.8, 4) is 11.5 Å². The zero-order chi connectivity index (χ0) is 48.5. The van der Waals surface area contributed by atoms with Gasteiger partial charge in [-0.05, 0) is 159 Å². The number of likely N-dealkylation sites (tertiary alicyclic amines) is 2. The van der Waals surface area contributed by atoms with Gasteiger partial charge in [-0.15, -0.1) is 0 Å². The van der Waals surface area contributed by atoms with Crippen LogP contribution in [0.5, 0.6) is 11.5 Å². The number of aromatic nitrogens is 1. The van der Waals surface area contributed by atoms with Crippen molar-refractivity contribution in [1.29, 1.82) is 0 Å². The highest BCUT2D eigenvalue weighted by Crippen LogP contribution is 2.32. The van der Waals surface area contributed by atoms with Gasteiger partial charge in [-0.25, -0.2) is 4.98 Å². The van der Waals surface area contributed by atoms with Crippen LogP contribution in [0.1, 0.15) is 107 Å². The number of anilines is 2. The minimum atomic E-state index is -0.352. The first-order valence-electron chi connectivity index (χ1n) is 22.5. The van der Waals surface area contributed by atoms with Gasteiger partial charge in [-0.1, -0.05) is 71.2 Å². The van der Waals surface area contributed by atoms with Crippen LogP contribution in [0, 0.1) is 20.8 Å². The first-order chi connectivity index (χ1) is 32.7. The van der Waals surface area contributed by atoms with Crippen molar-refractivity contribution < 1.29 is 28.7 Å². The first-order valence-corrected chi connectivity index (χ1v) is 23.6. The van der Waals surface area contributed by atoms with Gasteiger partial charge in [0.25, 0.3) is 23.6 Å². The lowest BCUT2D eigenvalue weighted by molar-refractivity contribution is 0.0705. The number of methoxy groups -OCH3 is 2. The molecule has 0 spiro atoms. The Labute approximate surface area is 412 Å². The normalized spacial score (nSPS) is 14.1. The summed E-state index contributed by atoms with van der Waals surface area (Å²) in [6, 6.07) is 35.1. The molecule has 5 aromatic carbocycles. The fourth-order valence-electron chi connectivity index (χ4n) is 8.55. The van der Waals surface area contributed by atoms with Crippen LogP contribution >= 0.6 is 34.8 Å². The molecule has 352 valence electrons. The maximum Gasteiger partial charge on any atom is 0.257 e. The quantitative estimate of drug-likeness (QED) is 0.131. The number of benzene rings is 5. The number of nitrogens with one attached hydrogen (secondary N) is 2. The maximum absolute atomic E-state index is 13.2. The minimum Gasteiger partial charge on any atom is -0.497 e. The van der Waals surface area contributed by atoms with Crippen molar-refractivity contribution in [3.63, 3.8) is 0 Å². The molecule has 1 aromatic heterocycles. The van der Waals surface area contributed by atoms with Crippen molar-refractivity contribution in [1.82, 2.24) is 14.8 Å². The molecule has 2 fully saturated rings. The molecule has 14 heteroatoms. The van der Waals surface area contributed by atoms with Crippen LogP contribution in [-0.4, -0.2) is 78.8 Å². The molecule has 2 aliphatic rings. The van der Waals surface area contributed by atoms with E-state index in [1.807, 2.05) is 66.1 Å². The number of halogens is 3. The lowest BCUT2D eigenvalue weighted by atomic mass is 9.89. The van der Waals surface area contributed by atoms with Crippen LogP contribution in [0.4, 0.5) is 11.4 Å². The number of pyridine rings is 1. The molecule has 6 aromatic rings. The summed E-state index contributed by atoms with van der Waals surface area (Å²) in [4.78, 5) is 59.8. The molecule has 2 saturated heterocycles. The van der Waals surface area contributed by atoms with E-state index in [0.717, 1.165) is 48.3 Å². The van der Waals surface area contributed by atoms with E-state index in [-0.39, 0.29) is 33.8 Å². The highest BCUT2D eigenvalue weighted by Gasteiger charge is 2.27. The third kappa shape index (κ3) is 12.4. The molecule has 0 atom stereocenters. The molecular formula is C54H54Cl3N5O6. The summed E-state index contributed by atoms with van der Waals surface area (Å²) in [6.07, 6.45) is 3.64. The van der Waals surface area contributed by atoms with Crippen molar-refractivity contribution in [2.24, 2.45) is 0 Å². The van der Waals surface area contributed by atoms with Crippen LogP contribution in [0.2, 0.25) is 15.2 Å². The van der Waals surface area contributed by atoms with E-state index >= 15 is 0 Å². The van der Waals surface area contributed by atoms with Crippen LogP contribution < -0.4 is 20.1 Å². The first kappa shape index (κ1) is 49.5. The van der Waals surface area contributed by atoms with Crippen molar-refractivity contribution >= 4 is 69.8 Å². The zero-order valence-electron chi connectivity index (χ0n) is 38.7. The van der Waals surface area contributed by atoms with Gasteiger partial charge >= 0.3 is 0 Å². The van der Waals surface area contributed by atoms with Gasteiger partial charge < -0.3 is 29.9 Å². The number of hydrogen-bond donors (Lipinski definition) is 2. The number of piperidine rings is 2. The number of ether oxygens (including phenoxy) is 2. The average molecular weight is 975 g/mol. The number of rotatable bonds is 10. The summed E-state index contributed by atoms with van der Waals surface area (Å²) < 4.78 is 10.5. The van der Waals surface area contributed by atoms with E-state index in [1.54, 1.807) is 57.5 Å². The Bertz CT molecular complexity index is 2770. The number of nitrogens with zero attached hydrogens (tertiary/aromatic N) is 3. The summed E-state index contributed by atoms with van der Waals surface area (Å²) in [6.45, 7) is 8.32. The van der Waals surface area contributed by atoms with Crippen LogP contribution in [-0.2, 0) is 0 Å². The number of hydrogen-bond acceptors (Lipinski definition) is 7. The number of aryl methyl sites for hydroxylation is 3. The summed E-state index contributed by atoms with van der Waals surface area (Å²) in [5, 5.41) is 6.79. The molecule has 0 bridgehead atoms. The smallest absolute Gasteiger partial charge is 0.257 e. The van der Waals surface area contributed by atoms with Crippen LogP contribution in [0.15, 0.2) is 115 Å². The molecule has 0 saturated carbocycles. The van der Waals surface area contributed by atoms with Gasteiger partial charge in [0.15, 0.2) is 0 Å². The Kier molecular flexibility index (Phi) is 16.5. The minimum absolute atomic E-state index is 0.0218. The van der Waals surface area contributed by atoms with Crippen molar-refractivity contribution in [2.75, 3.05) is 51.0 Å². The van der Waals surface area contributed by atoms with Crippen LogP contribution in [0.3, 0.4) is 0 Å².